The Morgan fingerprint density at radius 1 is 1.25 bits per heavy atom. The average molecular weight is 286 g/mol. The molecule has 1 fully saturated rings. The summed E-state index contributed by atoms with van der Waals surface area (Å²) in [5, 5.41) is 3.49. The molecule has 112 valence electrons. The van der Waals surface area contributed by atoms with E-state index in [2.05, 4.69) is 17.1 Å². The van der Waals surface area contributed by atoms with Gasteiger partial charge in [-0.1, -0.05) is 19.1 Å². The van der Waals surface area contributed by atoms with Gasteiger partial charge in [-0.15, -0.1) is 0 Å². The molecule has 0 bridgehead atoms. The molecule has 2 nitrogen and oxygen atoms in total. The molecule has 1 aliphatic rings. The Balaban J connectivity index is 1.98. The summed E-state index contributed by atoms with van der Waals surface area (Å²) in [6.45, 7) is 5.83. The molecule has 0 radical (unpaired) electrons. The fourth-order valence-corrected chi connectivity index (χ4v) is 2.55. The third-order valence-corrected chi connectivity index (χ3v) is 3.74. The first-order chi connectivity index (χ1) is 9.49. The van der Waals surface area contributed by atoms with Gasteiger partial charge < -0.3 is 5.32 Å². The summed E-state index contributed by atoms with van der Waals surface area (Å²) >= 11 is 0. The van der Waals surface area contributed by atoms with E-state index in [0.29, 0.717) is 6.04 Å². The van der Waals surface area contributed by atoms with Crippen LogP contribution < -0.4 is 5.32 Å². The smallest absolute Gasteiger partial charge is 0.313 e. The number of nitrogens with one attached hydrogen (secondary N) is 1. The summed E-state index contributed by atoms with van der Waals surface area (Å²) in [6.07, 6.45) is -2.10. The van der Waals surface area contributed by atoms with Crippen LogP contribution in [0.2, 0.25) is 0 Å². The third kappa shape index (κ3) is 4.21. The Labute approximate surface area is 118 Å². The summed E-state index contributed by atoms with van der Waals surface area (Å²) in [5.74, 6) is 0. The molecule has 1 aliphatic heterocycles. The molecule has 0 aromatic heterocycles. The highest BCUT2D eigenvalue weighted by Crippen LogP contribution is 2.29. The largest absolute Gasteiger partial charge is 0.416 e. The first-order valence-electron chi connectivity index (χ1n) is 7.11. The molecule has 0 saturated carbocycles. The first-order valence-corrected chi connectivity index (χ1v) is 7.11. The van der Waals surface area contributed by atoms with Crippen molar-refractivity contribution in [3.05, 3.63) is 35.4 Å². The monoisotopic (exact) mass is 286 g/mol. The van der Waals surface area contributed by atoms with E-state index < -0.39 is 11.7 Å². The SMILES string of the molecule is CCC1CN(Cc2ccc(C(F)(F)F)cc2)CCCN1. The maximum absolute atomic E-state index is 12.5. The van der Waals surface area contributed by atoms with E-state index in [1.165, 1.54) is 12.1 Å². The van der Waals surface area contributed by atoms with Gasteiger partial charge in [0.25, 0.3) is 0 Å². The van der Waals surface area contributed by atoms with Crippen LogP contribution in [0.1, 0.15) is 30.9 Å². The predicted octanol–water partition coefficient (Wildman–Crippen LogP) is 3.28. The quantitative estimate of drug-likeness (QED) is 0.917. The lowest BCUT2D eigenvalue weighted by Crippen LogP contribution is -2.36. The average Bonchev–Trinajstić information content (AvgIpc) is 2.63. The van der Waals surface area contributed by atoms with Crippen LogP contribution in [0.3, 0.4) is 0 Å². The number of hydrogen-bond donors (Lipinski definition) is 1. The van der Waals surface area contributed by atoms with Crippen LogP contribution in [-0.2, 0) is 12.7 Å². The minimum Gasteiger partial charge on any atom is -0.313 e. The summed E-state index contributed by atoms with van der Waals surface area (Å²) in [5.41, 5.74) is 0.361. The standard InChI is InChI=1S/C15H21F3N2/c1-2-14-11-20(9-3-8-19-14)10-12-4-6-13(7-5-12)15(16,17)18/h4-7,14,19H,2-3,8-11H2,1H3. The number of rotatable bonds is 3. The van der Waals surface area contributed by atoms with Crippen molar-refractivity contribution in [2.24, 2.45) is 0 Å². The molecular weight excluding hydrogens is 265 g/mol. The third-order valence-electron chi connectivity index (χ3n) is 3.74. The molecule has 0 spiro atoms. The van der Waals surface area contributed by atoms with E-state index in [1.54, 1.807) is 12.1 Å². The van der Waals surface area contributed by atoms with Gasteiger partial charge in [0.05, 0.1) is 5.56 Å². The Kier molecular flexibility index (Phi) is 5.05. The van der Waals surface area contributed by atoms with Crippen LogP contribution in [0.5, 0.6) is 0 Å². The Morgan fingerprint density at radius 2 is 1.95 bits per heavy atom. The van der Waals surface area contributed by atoms with Gasteiger partial charge in [0.1, 0.15) is 0 Å². The van der Waals surface area contributed by atoms with Crippen LogP contribution in [0.4, 0.5) is 13.2 Å². The van der Waals surface area contributed by atoms with Gasteiger partial charge in [0.15, 0.2) is 0 Å². The number of benzene rings is 1. The molecule has 1 heterocycles. The fraction of sp³-hybridized carbons (Fsp3) is 0.600. The van der Waals surface area contributed by atoms with Gasteiger partial charge in [0.2, 0.25) is 0 Å². The number of alkyl halides is 3. The molecule has 1 N–H and O–H groups in total. The molecule has 1 saturated heterocycles. The van der Waals surface area contributed by atoms with Crippen molar-refractivity contribution in [2.75, 3.05) is 19.6 Å². The Morgan fingerprint density at radius 3 is 2.55 bits per heavy atom. The van der Waals surface area contributed by atoms with E-state index >= 15 is 0 Å². The van der Waals surface area contributed by atoms with Crippen LogP contribution >= 0.6 is 0 Å². The van der Waals surface area contributed by atoms with Crippen LogP contribution in [0.25, 0.3) is 0 Å². The lowest BCUT2D eigenvalue weighted by atomic mass is 10.1. The van der Waals surface area contributed by atoms with Gasteiger partial charge in [-0.25, -0.2) is 0 Å². The summed E-state index contributed by atoms with van der Waals surface area (Å²) in [7, 11) is 0. The van der Waals surface area contributed by atoms with E-state index in [-0.39, 0.29) is 0 Å². The Hall–Kier alpha value is -1.07. The van der Waals surface area contributed by atoms with Gasteiger partial charge in [0, 0.05) is 19.1 Å². The second kappa shape index (κ2) is 6.59. The van der Waals surface area contributed by atoms with Crippen molar-refractivity contribution in [3.8, 4) is 0 Å². The number of hydrogen-bond acceptors (Lipinski definition) is 2. The zero-order valence-electron chi connectivity index (χ0n) is 11.7. The highest BCUT2D eigenvalue weighted by Gasteiger charge is 2.30. The van der Waals surface area contributed by atoms with Crippen molar-refractivity contribution >= 4 is 0 Å². The van der Waals surface area contributed by atoms with Gasteiger partial charge in [-0.3, -0.25) is 4.90 Å². The fourth-order valence-electron chi connectivity index (χ4n) is 2.55. The van der Waals surface area contributed by atoms with E-state index in [1.807, 2.05) is 0 Å². The molecule has 1 aromatic carbocycles. The van der Waals surface area contributed by atoms with Crippen LogP contribution in [0, 0.1) is 0 Å². The minimum absolute atomic E-state index is 0.479. The van der Waals surface area contributed by atoms with E-state index in [4.69, 9.17) is 0 Å². The summed E-state index contributed by atoms with van der Waals surface area (Å²) < 4.78 is 37.5. The lowest BCUT2D eigenvalue weighted by Gasteiger charge is -2.23. The van der Waals surface area contributed by atoms with Gasteiger partial charge in [-0.05, 0) is 43.6 Å². The molecule has 5 heteroatoms. The van der Waals surface area contributed by atoms with E-state index in [0.717, 1.165) is 44.6 Å². The first kappa shape index (κ1) is 15.3. The minimum atomic E-state index is -4.25. The highest BCUT2D eigenvalue weighted by atomic mass is 19.4. The van der Waals surface area contributed by atoms with E-state index in [9.17, 15) is 13.2 Å². The molecule has 0 aliphatic carbocycles. The normalized spacial score (nSPS) is 21.7. The lowest BCUT2D eigenvalue weighted by molar-refractivity contribution is -0.137. The summed E-state index contributed by atoms with van der Waals surface area (Å²) in [6, 6.07) is 5.99. The van der Waals surface area contributed by atoms with Crippen molar-refractivity contribution in [1.29, 1.82) is 0 Å². The molecule has 1 aromatic rings. The maximum Gasteiger partial charge on any atom is 0.416 e. The highest BCUT2D eigenvalue weighted by molar-refractivity contribution is 5.24. The zero-order valence-corrected chi connectivity index (χ0v) is 11.7. The molecule has 1 atom stereocenters. The molecule has 2 rings (SSSR count). The second-order valence-corrected chi connectivity index (χ2v) is 5.34. The predicted molar refractivity (Wildman–Crippen MR) is 73.4 cm³/mol. The van der Waals surface area contributed by atoms with Crippen molar-refractivity contribution in [3.63, 3.8) is 0 Å². The molecule has 1 unspecified atom stereocenters. The molecule has 20 heavy (non-hydrogen) atoms. The molecule has 0 amide bonds. The van der Waals surface area contributed by atoms with Crippen molar-refractivity contribution < 1.29 is 13.2 Å². The Bertz CT molecular complexity index is 414. The van der Waals surface area contributed by atoms with Crippen molar-refractivity contribution in [2.45, 2.75) is 38.5 Å². The number of nitrogens with zero attached hydrogens (tertiary/aromatic N) is 1. The zero-order chi connectivity index (χ0) is 14.6. The number of halogens is 3. The molecular formula is C15H21F3N2. The van der Waals surface area contributed by atoms with Crippen molar-refractivity contribution in [1.82, 2.24) is 10.2 Å². The van der Waals surface area contributed by atoms with Crippen LogP contribution in [0.15, 0.2) is 24.3 Å². The second-order valence-electron chi connectivity index (χ2n) is 5.34. The van der Waals surface area contributed by atoms with Gasteiger partial charge >= 0.3 is 6.18 Å². The summed E-state index contributed by atoms with van der Waals surface area (Å²) in [4.78, 5) is 2.32. The maximum atomic E-state index is 12.5. The van der Waals surface area contributed by atoms with Crippen LogP contribution in [-0.4, -0.2) is 30.6 Å². The topological polar surface area (TPSA) is 15.3 Å². The van der Waals surface area contributed by atoms with Gasteiger partial charge in [-0.2, -0.15) is 13.2 Å².